The van der Waals surface area contributed by atoms with E-state index in [0.717, 1.165) is 48.0 Å². The van der Waals surface area contributed by atoms with E-state index in [1.807, 2.05) is 48.3 Å². The molecule has 22 heavy (non-hydrogen) atoms. The van der Waals surface area contributed by atoms with Crippen molar-refractivity contribution in [2.24, 2.45) is 0 Å². The first-order chi connectivity index (χ1) is 10.7. The Morgan fingerprint density at radius 2 is 2.00 bits per heavy atom. The lowest BCUT2D eigenvalue weighted by Gasteiger charge is -2.33. The molecule has 0 spiro atoms. The second-order valence-corrected chi connectivity index (χ2v) is 5.74. The zero-order valence-electron chi connectivity index (χ0n) is 13.1. The summed E-state index contributed by atoms with van der Waals surface area (Å²) in [6.07, 6.45) is 2.18. The molecule has 0 bridgehead atoms. The molecule has 2 aromatic carbocycles. The van der Waals surface area contributed by atoms with E-state index in [1.165, 1.54) is 0 Å². The van der Waals surface area contributed by atoms with Gasteiger partial charge in [0.1, 0.15) is 5.75 Å². The maximum absolute atomic E-state index is 12.9. The Kier molecular flexibility index (Phi) is 4.29. The van der Waals surface area contributed by atoms with Crippen LogP contribution in [0, 0.1) is 0 Å². The largest absolute Gasteiger partial charge is 0.496 e. The molecule has 1 heterocycles. The van der Waals surface area contributed by atoms with Gasteiger partial charge in [0.15, 0.2) is 0 Å². The van der Waals surface area contributed by atoms with Crippen LogP contribution < -0.4 is 10.1 Å². The third-order valence-electron chi connectivity index (χ3n) is 4.45. The number of likely N-dealkylation sites (tertiary alicyclic amines) is 1. The Balaban J connectivity index is 1.97. The Bertz CT molecular complexity index is 684. The summed E-state index contributed by atoms with van der Waals surface area (Å²) >= 11 is 0. The Morgan fingerprint density at radius 1 is 1.23 bits per heavy atom. The van der Waals surface area contributed by atoms with Crippen molar-refractivity contribution in [2.45, 2.75) is 18.9 Å². The molecule has 0 saturated carbocycles. The average molecular weight is 298 g/mol. The second-order valence-electron chi connectivity index (χ2n) is 5.74. The molecule has 0 radical (unpaired) electrons. The number of benzene rings is 2. The molecule has 1 saturated heterocycles. The standard InChI is InChI=1S/C18H22N2O2/c1-19-13-6-5-11-20(12-13)18(21)16-9-10-17(22-2)15-8-4-3-7-14(15)16/h3-4,7-10,13,19H,5-6,11-12H2,1-2H3. The predicted octanol–water partition coefficient (Wildman–Crippen LogP) is 2.67. The van der Waals surface area contributed by atoms with Crippen LogP contribution in [0.3, 0.4) is 0 Å². The molecule has 116 valence electrons. The van der Waals surface area contributed by atoms with Gasteiger partial charge in [-0.2, -0.15) is 0 Å². The maximum Gasteiger partial charge on any atom is 0.254 e. The summed E-state index contributed by atoms with van der Waals surface area (Å²) in [4.78, 5) is 14.9. The minimum absolute atomic E-state index is 0.110. The summed E-state index contributed by atoms with van der Waals surface area (Å²) < 4.78 is 5.41. The van der Waals surface area contributed by atoms with Crippen molar-refractivity contribution in [2.75, 3.05) is 27.2 Å². The van der Waals surface area contributed by atoms with Crippen LogP contribution in [-0.4, -0.2) is 44.1 Å². The van der Waals surface area contributed by atoms with Gasteiger partial charge in [0, 0.05) is 30.1 Å². The maximum atomic E-state index is 12.9. The van der Waals surface area contributed by atoms with Crippen LogP contribution in [0.25, 0.3) is 10.8 Å². The van der Waals surface area contributed by atoms with Gasteiger partial charge >= 0.3 is 0 Å². The summed E-state index contributed by atoms with van der Waals surface area (Å²) in [7, 11) is 3.62. The van der Waals surface area contributed by atoms with Gasteiger partial charge in [-0.3, -0.25) is 4.79 Å². The highest BCUT2D eigenvalue weighted by atomic mass is 16.5. The monoisotopic (exact) mass is 298 g/mol. The van der Waals surface area contributed by atoms with Crippen LogP contribution in [0.4, 0.5) is 0 Å². The van der Waals surface area contributed by atoms with Crippen molar-refractivity contribution >= 4 is 16.7 Å². The van der Waals surface area contributed by atoms with Gasteiger partial charge < -0.3 is 15.0 Å². The smallest absolute Gasteiger partial charge is 0.254 e. The van der Waals surface area contributed by atoms with Gasteiger partial charge in [0.05, 0.1) is 7.11 Å². The zero-order valence-corrected chi connectivity index (χ0v) is 13.1. The molecule has 4 nitrogen and oxygen atoms in total. The van der Waals surface area contributed by atoms with Crippen LogP contribution in [0.2, 0.25) is 0 Å². The van der Waals surface area contributed by atoms with E-state index in [0.29, 0.717) is 6.04 Å². The molecule has 1 amide bonds. The fraction of sp³-hybridized carbons (Fsp3) is 0.389. The SMILES string of the molecule is CNC1CCCN(C(=O)c2ccc(OC)c3ccccc23)C1. The minimum atomic E-state index is 0.110. The number of amides is 1. The summed E-state index contributed by atoms with van der Waals surface area (Å²) in [5, 5.41) is 5.22. The van der Waals surface area contributed by atoms with E-state index in [9.17, 15) is 4.79 Å². The molecule has 1 aliphatic rings. The highest BCUT2D eigenvalue weighted by Gasteiger charge is 2.24. The van der Waals surface area contributed by atoms with E-state index >= 15 is 0 Å². The lowest BCUT2D eigenvalue weighted by atomic mass is 10.0. The number of carbonyl (C=O) groups is 1. The van der Waals surface area contributed by atoms with Crippen molar-refractivity contribution in [3.63, 3.8) is 0 Å². The van der Waals surface area contributed by atoms with Crippen molar-refractivity contribution < 1.29 is 9.53 Å². The number of nitrogens with one attached hydrogen (secondary N) is 1. The second kappa shape index (κ2) is 6.36. The van der Waals surface area contributed by atoms with Crippen LogP contribution in [0.5, 0.6) is 5.75 Å². The summed E-state index contributed by atoms with van der Waals surface area (Å²) in [6.45, 7) is 1.60. The molecule has 3 rings (SSSR count). The number of fused-ring (bicyclic) bond motifs is 1. The Morgan fingerprint density at radius 3 is 2.73 bits per heavy atom. The van der Waals surface area contributed by atoms with Gasteiger partial charge in [-0.05, 0) is 37.4 Å². The van der Waals surface area contributed by atoms with Crippen LogP contribution in [-0.2, 0) is 0 Å². The first kappa shape index (κ1) is 14.9. The van der Waals surface area contributed by atoms with Crippen molar-refractivity contribution in [1.29, 1.82) is 0 Å². The molecule has 1 fully saturated rings. The number of nitrogens with zero attached hydrogens (tertiary/aromatic N) is 1. The first-order valence-electron chi connectivity index (χ1n) is 7.77. The molecule has 1 aliphatic heterocycles. The Hall–Kier alpha value is -2.07. The fourth-order valence-corrected chi connectivity index (χ4v) is 3.20. The summed E-state index contributed by atoms with van der Waals surface area (Å²) in [6, 6.07) is 12.1. The molecule has 4 heteroatoms. The summed E-state index contributed by atoms with van der Waals surface area (Å²) in [5.74, 6) is 0.915. The quantitative estimate of drug-likeness (QED) is 0.947. The van der Waals surface area contributed by atoms with Gasteiger partial charge in [-0.15, -0.1) is 0 Å². The van der Waals surface area contributed by atoms with Crippen LogP contribution >= 0.6 is 0 Å². The average Bonchev–Trinajstić information content (AvgIpc) is 2.60. The van der Waals surface area contributed by atoms with E-state index in [4.69, 9.17) is 4.74 Å². The number of rotatable bonds is 3. The number of ether oxygens (including phenoxy) is 1. The normalized spacial score (nSPS) is 18.5. The minimum Gasteiger partial charge on any atom is -0.496 e. The van der Waals surface area contributed by atoms with Crippen molar-refractivity contribution in [1.82, 2.24) is 10.2 Å². The molecule has 1 unspecified atom stereocenters. The highest BCUT2D eigenvalue weighted by Crippen LogP contribution is 2.29. The number of piperidine rings is 1. The number of methoxy groups -OCH3 is 1. The highest BCUT2D eigenvalue weighted by molar-refractivity contribution is 6.08. The van der Waals surface area contributed by atoms with Crippen LogP contribution in [0.15, 0.2) is 36.4 Å². The van der Waals surface area contributed by atoms with E-state index < -0.39 is 0 Å². The molecular weight excluding hydrogens is 276 g/mol. The molecule has 1 atom stereocenters. The van der Waals surface area contributed by atoms with Crippen LogP contribution in [0.1, 0.15) is 23.2 Å². The van der Waals surface area contributed by atoms with Gasteiger partial charge in [-0.1, -0.05) is 24.3 Å². The predicted molar refractivity (Wildman–Crippen MR) is 88.5 cm³/mol. The molecule has 1 N–H and O–H groups in total. The number of hydrogen-bond donors (Lipinski definition) is 1. The molecule has 2 aromatic rings. The number of likely N-dealkylation sites (N-methyl/N-ethyl adjacent to an activating group) is 1. The van der Waals surface area contributed by atoms with E-state index in [1.54, 1.807) is 7.11 Å². The number of hydrogen-bond acceptors (Lipinski definition) is 3. The van der Waals surface area contributed by atoms with E-state index in [2.05, 4.69) is 5.32 Å². The summed E-state index contributed by atoms with van der Waals surface area (Å²) in [5.41, 5.74) is 0.758. The van der Waals surface area contributed by atoms with E-state index in [-0.39, 0.29) is 5.91 Å². The van der Waals surface area contributed by atoms with Gasteiger partial charge in [0.2, 0.25) is 0 Å². The first-order valence-corrected chi connectivity index (χ1v) is 7.77. The lowest BCUT2D eigenvalue weighted by Crippen LogP contribution is -2.47. The fourth-order valence-electron chi connectivity index (χ4n) is 3.20. The van der Waals surface area contributed by atoms with Crippen molar-refractivity contribution in [3.05, 3.63) is 42.0 Å². The van der Waals surface area contributed by atoms with Crippen molar-refractivity contribution in [3.8, 4) is 5.75 Å². The van der Waals surface area contributed by atoms with Gasteiger partial charge in [0.25, 0.3) is 5.91 Å². The zero-order chi connectivity index (χ0) is 15.5. The van der Waals surface area contributed by atoms with Gasteiger partial charge in [-0.25, -0.2) is 0 Å². The third-order valence-corrected chi connectivity index (χ3v) is 4.45. The molecule has 0 aromatic heterocycles. The number of carbonyl (C=O) groups excluding carboxylic acids is 1. The molecule has 0 aliphatic carbocycles. The molecular formula is C18H22N2O2. The lowest BCUT2D eigenvalue weighted by molar-refractivity contribution is 0.0700. The third kappa shape index (κ3) is 2.66. The topological polar surface area (TPSA) is 41.6 Å². The Labute approximate surface area is 131 Å².